The standard InChI is InChI=1S/C14H16N2O2/c17-9-11-5-3-4-10-8-15-14(16(10)11)12-6-1-2-7-13(12)18/h1-2,6-8,11,17-18H,3-5,9H2. The fraction of sp³-hybridized carbons (Fsp3) is 0.357. The van der Waals surface area contributed by atoms with Gasteiger partial charge in [-0.1, -0.05) is 12.1 Å². The first-order valence-electron chi connectivity index (χ1n) is 6.26. The molecule has 0 fully saturated rings. The maximum Gasteiger partial charge on any atom is 0.144 e. The zero-order valence-corrected chi connectivity index (χ0v) is 10.1. The fourth-order valence-electron chi connectivity index (χ4n) is 2.67. The van der Waals surface area contributed by atoms with Gasteiger partial charge >= 0.3 is 0 Å². The molecular weight excluding hydrogens is 228 g/mol. The Balaban J connectivity index is 2.14. The van der Waals surface area contributed by atoms with Gasteiger partial charge in [-0.05, 0) is 31.4 Å². The molecule has 1 atom stereocenters. The maximum absolute atomic E-state index is 9.93. The Morgan fingerprint density at radius 3 is 2.94 bits per heavy atom. The summed E-state index contributed by atoms with van der Waals surface area (Å²) in [5.41, 5.74) is 1.86. The van der Waals surface area contributed by atoms with E-state index < -0.39 is 0 Å². The van der Waals surface area contributed by atoms with Crippen LogP contribution in [-0.2, 0) is 6.42 Å². The lowest BCUT2D eigenvalue weighted by atomic mass is 10.0. The fourth-order valence-corrected chi connectivity index (χ4v) is 2.67. The molecule has 4 heteroatoms. The summed E-state index contributed by atoms with van der Waals surface area (Å²) in [6, 6.07) is 7.27. The summed E-state index contributed by atoms with van der Waals surface area (Å²) in [7, 11) is 0. The van der Waals surface area contributed by atoms with Crippen molar-refractivity contribution >= 4 is 0 Å². The first kappa shape index (κ1) is 11.3. The molecule has 2 N–H and O–H groups in total. The van der Waals surface area contributed by atoms with Crippen LogP contribution in [0, 0.1) is 0 Å². The molecule has 0 radical (unpaired) electrons. The van der Waals surface area contributed by atoms with E-state index in [1.165, 1.54) is 0 Å². The van der Waals surface area contributed by atoms with Gasteiger partial charge in [-0.25, -0.2) is 4.98 Å². The van der Waals surface area contributed by atoms with Crippen LogP contribution in [-0.4, -0.2) is 26.4 Å². The third-order valence-electron chi connectivity index (χ3n) is 3.56. The number of aliphatic hydroxyl groups is 1. The summed E-state index contributed by atoms with van der Waals surface area (Å²) in [6.07, 6.45) is 4.87. The Hall–Kier alpha value is -1.81. The first-order valence-corrected chi connectivity index (χ1v) is 6.26. The number of para-hydroxylation sites is 1. The number of hydrogen-bond donors (Lipinski definition) is 2. The molecule has 2 aromatic rings. The van der Waals surface area contributed by atoms with E-state index in [0.717, 1.165) is 36.3 Å². The summed E-state index contributed by atoms with van der Waals surface area (Å²) in [5.74, 6) is 0.981. The van der Waals surface area contributed by atoms with Gasteiger partial charge in [0.25, 0.3) is 0 Å². The Morgan fingerprint density at radius 2 is 2.17 bits per heavy atom. The number of aromatic hydroxyl groups is 1. The van der Waals surface area contributed by atoms with Gasteiger partial charge in [-0.2, -0.15) is 0 Å². The Kier molecular flexibility index (Phi) is 2.80. The lowest BCUT2D eigenvalue weighted by Gasteiger charge is -2.25. The van der Waals surface area contributed by atoms with Crippen LogP contribution in [0.4, 0.5) is 0 Å². The molecule has 0 saturated carbocycles. The van der Waals surface area contributed by atoms with Crippen LogP contribution in [0.15, 0.2) is 30.5 Å². The number of fused-ring (bicyclic) bond motifs is 1. The second-order valence-corrected chi connectivity index (χ2v) is 4.69. The van der Waals surface area contributed by atoms with E-state index in [9.17, 15) is 10.2 Å². The summed E-state index contributed by atoms with van der Waals surface area (Å²) in [4.78, 5) is 4.42. The van der Waals surface area contributed by atoms with Crippen LogP contribution >= 0.6 is 0 Å². The largest absolute Gasteiger partial charge is 0.507 e. The first-order chi connectivity index (χ1) is 8.81. The number of aromatic nitrogens is 2. The highest BCUT2D eigenvalue weighted by atomic mass is 16.3. The predicted molar refractivity (Wildman–Crippen MR) is 68.4 cm³/mol. The number of phenolic OH excluding ortho intramolecular Hbond substituents is 1. The van der Waals surface area contributed by atoms with Gasteiger partial charge in [0.05, 0.1) is 18.2 Å². The van der Waals surface area contributed by atoms with Gasteiger partial charge in [-0.3, -0.25) is 0 Å². The van der Waals surface area contributed by atoms with Crippen LogP contribution in [0.1, 0.15) is 24.6 Å². The lowest BCUT2D eigenvalue weighted by molar-refractivity contribution is 0.208. The molecule has 18 heavy (non-hydrogen) atoms. The van der Waals surface area contributed by atoms with Gasteiger partial charge in [0.15, 0.2) is 0 Å². The Bertz CT molecular complexity index is 563. The van der Waals surface area contributed by atoms with Crippen molar-refractivity contribution in [3.05, 3.63) is 36.2 Å². The summed E-state index contributed by atoms with van der Waals surface area (Å²) in [6.45, 7) is 0.115. The number of hydrogen-bond acceptors (Lipinski definition) is 3. The highest BCUT2D eigenvalue weighted by Gasteiger charge is 2.24. The molecule has 0 bridgehead atoms. The van der Waals surface area contributed by atoms with E-state index in [0.29, 0.717) is 0 Å². The van der Waals surface area contributed by atoms with Crippen molar-refractivity contribution in [2.45, 2.75) is 25.3 Å². The molecule has 4 nitrogen and oxygen atoms in total. The monoisotopic (exact) mass is 244 g/mol. The number of imidazole rings is 1. The molecule has 1 aliphatic heterocycles. The molecule has 3 rings (SSSR count). The van der Waals surface area contributed by atoms with Crippen LogP contribution in [0.2, 0.25) is 0 Å². The summed E-state index contributed by atoms with van der Waals surface area (Å²) in [5, 5.41) is 19.4. The Labute approximate surface area is 106 Å². The van der Waals surface area contributed by atoms with Crippen molar-refractivity contribution in [3.63, 3.8) is 0 Å². The van der Waals surface area contributed by atoms with Crippen molar-refractivity contribution in [1.29, 1.82) is 0 Å². The van der Waals surface area contributed by atoms with Crippen LogP contribution in [0.25, 0.3) is 11.4 Å². The second kappa shape index (κ2) is 4.46. The number of aliphatic hydroxyl groups excluding tert-OH is 1. The smallest absolute Gasteiger partial charge is 0.144 e. The quantitative estimate of drug-likeness (QED) is 0.850. The highest BCUT2D eigenvalue weighted by molar-refractivity contribution is 5.64. The molecule has 1 unspecified atom stereocenters. The number of nitrogens with zero attached hydrogens (tertiary/aromatic N) is 2. The third-order valence-corrected chi connectivity index (χ3v) is 3.56. The predicted octanol–water partition coefficient (Wildman–Crippen LogP) is 2.13. The van der Waals surface area contributed by atoms with E-state index in [1.54, 1.807) is 12.1 Å². The number of phenols is 1. The normalized spacial score (nSPS) is 18.6. The van der Waals surface area contributed by atoms with Gasteiger partial charge in [0.2, 0.25) is 0 Å². The average molecular weight is 244 g/mol. The van der Waals surface area contributed by atoms with Crippen LogP contribution < -0.4 is 0 Å². The van der Waals surface area contributed by atoms with Gasteiger partial charge in [-0.15, -0.1) is 0 Å². The van der Waals surface area contributed by atoms with E-state index in [-0.39, 0.29) is 18.4 Å². The molecule has 1 aromatic heterocycles. The number of benzene rings is 1. The van der Waals surface area contributed by atoms with E-state index in [4.69, 9.17) is 0 Å². The van der Waals surface area contributed by atoms with Crippen LogP contribution in [0.3, 0.4) is 0 Å². The Morgan fingerprint density at radius 1 is 1.33 bits per heavy atom. The SMILES string of the molecule is OCC1CCCc2cnc(-c3ccccc3O)n21. The van der Waals surface area contributed by atoms with E-state index >= 15 is 0 Å². The number of rotatable bonds is 2. The molecular formula is C14H16N2O2. The third kappa shape index (κ3) is 1.69. The minimum absolute atomic E-state index is 0.0749. The molecule has 0 amide bonds. The van der Waals surface area contributed by atoms with Crippen molar-refractivity contribution < 1.29 is 10.2 Å². The minimum Gasteiger partial charge on any atom is -0.507 e. The molecule has 0 saturated heterocycles. The molecule has 0 aliphatic carbocycles. The van der Waals surface area contributed by atoms with E-state index in [2.05, 4.69) is 9.55 Å². The van der Waals surface area contributed by atoms with Crippen molar-refractivity contribution in [1.82, 2.24) is 9.55 Å². The molecule has 1 aromatic carbocycles. The lowest BCUT2D eigenvalue weighted by Crippen LogP contribution is -2.21. The zero-order chi connectivity index (χ0) is 12.5. The van der Waals surface area contributed by atoms with Crippen molar-refractivity contribution in [2.75, 3.05) is 6.61 Å². The maximum atomic E-state index is 9.93. The molecule has 0 spiro atoms. The topological polar surface area (TPSA) is 58.3 Å². The second-order valence-electron chi connectivity index (χ2n) is 4.69. The highest BCUT2D eigenvalue weighted by Crippen LogP contribution is 2.34. The van der Waals surface area contributed by atoms with Gasteiger partial charge < -0.3 is 14.8 Å². The minimum atomic E-state index is 0.0749. The molecule has 1 aliphatic rings. The summed E-state index contributed by atoms with van der Waals surface area (Å²) < 4.78 is 2.07. The molecule has 94 valence electrons. The van der Waals surface area contributed by atoms with Gasteiger partial charge in [0.1, 0.15) is 11.6 Å². The van der Waals surface area contributed by atoms with E-state index in [1.807, 2.05) is 18.3 Å². The average Bonchev–Trinajstić information content (AvgIpc) is 2.83. The molecule has 2 heterocycles. The van der Waals surface area contributed by atoms with Crippen molar-refractivity contribution in [3.8, 4) is 17.1 Å². The van der Waals surface area contributed by atoms with Gasteiger partial charge in [0, 0.05) is 11.9 Å². The zero-order valence-electron chi connectivity index (χ0n) is 10.1. The summed E-state index contributed by atoms with van der Waals surface area (Å²) >= 11 is 0. The van der Waals surface area contributed by atoms with Crippen LogP contribution in [0.5, 0.6) is 5.75 Å². The number of aryl methyl sites for hydroxylation is 1. The van der Waals surface area contributed by atoms with Crippen molar-refractivity contribution in [2.24, 2.45) is 0 Å².